The van der Waals surface area contributed by atoms with E-state index in [-0.39, 0.29) is 11.1 Å². The summed E-state index contributed by atoms with van der Waals surface area (Å²) in [5.74, 6) is 5.34. The lowest BCUT2D eigenvalue weighted by Crippen LogP contribution is -2.33. The van der Waals surface area contributed by atoms with Gasteiger partial charge in [-0.2, -0.15) is 0 Å². The molecule has 1 heterocycles. The fourth-order valence-electron chi connectivity index (χ4n) is 2.26. The topological polar surface area (TPSA) is 102 Å². The predicted octanol–water partition coefficient (Wildman–Crippen LogP) is 2.11. The van der Waals surface area contributed by atoms with Crippen molar-refractivity contribution in [3.8, 4) is 0 Å². The molecule has 1 aromatic rings. The Balaban J connectivity index is 2.08. The molecule has 0 unspecified atom stereocenters. The van der Waals surface area contributed by atoms with Crippen molar-refractivity contribution in [3.63, 3.8) is 0 Å². The molecular formula is C13H20N4O3. The lowest BCUT2D eigenvalue weighted by Gasteiger charge is -2.33. The van der Waals surface area contributed by atoms with E-state index in [2.05, 4.69) is 17.7 Å². The largest absolute Gasteiger partial charge is 0.384 e. The van der Waals surface area contributed by atoms with E-state index < -0.39 is 4.92 Å². The van der Waals surface area contributed by atoms with Gasteiger partial charge in [-0.05, 0) is 24.3 Å². The summed E-state index contributed by atoms with van der Waals surface area (Å²) < 4.78 is 5.36. The summed E-state index contributed by atoms with van der Waals surface area (Å²) >= 11 is 0. The van der Waals surface area contributed by atoms with Crippen molar-refractivity contribution in [1.82, 2.24) is 0 Å². The molecule has 0 spiro atoms. The highest BCUT2D eigenvalue weighted by molar-refractivity contribution is 5.63. The Bertz CT molecular complexity index is 487. The molecule has 2 rings (SSSR count). The monoisotopic (exact) mass is 280 g/mol. The standard InChI is InChI=1S/C13H20N4O3/c1-13(2-4-20-5-3-13)9-15-10-6-11(16-14)8-12(7-10)17(18)19/h6-8,15-16H,2-5,9,14H2,1H3. The number of ether oxygens (including phenoxy) is 1. The third-order valence-electron chi connectivity index (χ3n) is 3.71. The van der Waals surface area contributed by atoms with Gasteiger partial charge < -0.3 is 15.5 Å². The van der Waals surface area contributed by atoms with E-state index in [1.807, 2.05) is 0 Å². The van der Waals surface area contributed by atoms with Crippen molar-refractivity contribution in [2.45, 2.75) is 19.8 Å². The van der Waals surface area contributed by atoms with Gasteiger partial charge in [-0.1, -0.05) is 6.92 Å². The molecule has 1 saturated heterocycles. The maximum Gasteiger partial charge on any atom is 0.273 e. The minimum Gasteiger partial charge on any atom is -0.384 e. The highest BCUT2D eigenvalue weighted by atomic mass is 16.6. The van der Waals surface area contributed by atoms with Crippen molar-refractivity contribution in [1.29, 1.82) is 0 Å². The maximum atomic E-state index is 10.9. The van der Waals surface area contributed by atoms with Crippen LogP contribution in [0.15, 0.2) is 18.2 Å². The zero-order chi connectivity index (χ0) is 14.6. The van der Waals surface area contributed by atoms with E-state index in [4.69, 9.17) is 10.6 Å². The molecule has 1 aliphatic rings. The molecule has 0 aliphatic carbocycles. The van der Waals surface area contributed by atoms with Gasteiger partial charge in [-0.25, -0.2) is 0 Å². The lowest BCUT2D eigenvalue weighted by molar-refractivity contribution is -0.384. The van der Waals surface area contributed by atoms with Gasteiger partial charge in [0.1, 0.15) is 0 Å². The van der Waals surface area contributed by atoms with Crippen LogP contribution in [0.3, 0.4) is 0 Å². The summed E-state index contributed by atoms with van der Waals surface area (Å²) in [5, 5.41) is 14.2. The molecule has 0 saturated carbocycles. The molecule has 0 amide bonds. The Hall–Kier alpha value is -1.86. The number of nitro groups is 1. The fraction of sp³-hybridized carbons (Fsp3) is 0.538. The third kappa shape index (κ3) is 3.58. The Labute approximate surface area is 117 Å². The average Bonchev–Trinajstić information content (AvgIpc) is 2.45. The summed E-state index contributed by atoms with van der Waals surface area (Å²) in [6, 6.07) is 4.68. The number of nitrogens with one attached hydrogen (secondary N) is 2. The molecule has 1 aliphatic heterocycles. The summed E-state index contributed by atoms with van der Waals surface area (Å²) in [4.78, 5) is 10.5. The van der Waals surface area contributed by atoms with Crippen LogP contribution in [0.5, 0.6) is 0 Å². The minimum atomic E-state index is -0.428. The molecular weight excluding hydrogens is 260 g/mol. The third-order valence-corrected chi connectivity index (χ3v) is 3.71. The first kappa shape index (κ1) is 14.5. The summed E-state index contributed by atoms with van der Waals surface area (Å²) in [6.45, 7) is 4.48. The number of nitrogens with two attached hydrogens (primary N) is 1. The molecule has 0 aromatic heterocycles. The van der Waals surface area contributed by atoms with Crippen LogP contribution in [-0.4, -0.2) is 24.7 Å². The van der Waals surface area contributed by atoms with E-state index in [1.165, 1.54) is 12.1 Å². The number of benzene rings is 1. The first-order chi connectivity index (χ1) is 9.52. The molecule has 110 valence electrons. The van der Waals surface area contributed by atoms with Gasteiger partial charge in [0.2, 0.25) is 0 Å². The fourth-order valence-corrected chi connectivity index (χ4v) is 2.26. The molecule has 20 heavy (non-hydrogen) atoms. The number of hydrogen-bond donors (Lipinski definition) is 3. The summed E-state index contributed by atoms with van der Waals surface area (Å²) in [5.41, 5.74) is 3.82. The van der Waals surface area contributed by atoms with Crippen LogP contribution >= 0.6 is 0 Å². The number of nitrogen functional groups attached to an aromatic ring is 1. The van der Waals surface area contributed by atoms with Gasteiger partial charge in [0.05, 0.1) is 10.6 Å². The number of nitro benzene ring substituents is 1. The molecule has 4 N–H and O–H groups in total. The molecule has 1 fully saturated rings. The second-order valence-electron chi connectivity index (χ2n) is 5.45. The van der Waals surface area contributed by atoms with Crippen molar-refractivity contribution >= 4 is 17.1 Å². The van der Waals surface area contributed by atoms with Gasteiger partial charge in [0, 0.05) is 37.6 Å². The van der Waals surface area contributed by atoms with Gasteiger partial charge in [-0.15, -0.1) is 0 Å². The average molecular weight is 280 g/mol. The van der Waals surface area contributed by atoms with E-state index in [0.717, 1.165) is 32.6 Å². The minimum absolute atomic E-state index is 0.0140. The molecule has 0 atom stereocenters. The zero-order valence-electron chi connectivity index (χ0n) is 11.5. The van der Waals surface area contributed by atoms with Gasteiger partial charge >= 0.3 is 0 Å². The van der Waals surface area contributed by atoms with Crippen molar-refractivity contribution in [2.24, 2.45) is 11.3 Å². The van der Waals surface area contributed by atoms with Crippen LogP contribution in [0, 0.1) is 15.5 Å². The smallest absolute Gasteiger partial charge is 0.273 e. The van der Waals surface area contributed by atoms with Crippen molar-refractivity contribution < 1.29 is 9.66 Å². The molecule has 0 radical (unpaired) electrons. The number of rotatable bonds is 5. The second-order valence-corrected chi connectivity index (χ2v) is 5.45. The van der Waals surface area contributed by atoms with Crippen LogP contribution in [-0.2, 0) is 4.74 Å². The lowest BCUT2D eigenvalue weighted by atomic mass is 9.82. The number of nitrogens with zero attached hydrogens (tertiary/aromatic N) is 1. The highest BCUT2D eigenvalue weighted by Crippen LogP contribution is 2.31. The normalized spacial score (nSPS) is 17.5. The quantitative estimate of drug-likeness (QED) is 0.433. The molecule has 1 aromatic carbocycles. The number of non-ortho nitro benzene ring substituents is 1. The van der Waals surface area contributed by atoms with Crippen molar-refractivity contribution in [3.05, 3.63) is 28.3 Å². The first-order valence-electron chi connectivity index (χ1n) is 6.60. The van der Waals surface area contributed by atoms with Crippen LogP contribution in [0.25, 0.3) is 0 Å². The first-order valence-corrected chi connectivity index (χ1v) is 6.60. The Morgan fingerprint density at radius 2 is 2.00 bits per heavy atom. The van der Waals surface area contributed by atoms with E-state index >= 15 is 0 Å². The Morgan fingerprint density at radius 3 is 2.60 bits per heavy atom. The summed E-state index contributed by atoms with van der Waals surface area (Å²) in [7, 11) is 0. The maximum absolute atomic E-state index is 10.9. The van der Waals surface area contributed by atoms with Crippen LogP contribution in [0.2, 0.25) is 0 Å². The number of anilines is 2. The van der Waals surface area contributed by atoms with E-state index in [1.54, 1.807) is 6.07 Å². The second kappa shape index (κ2) is 6.06. The van der Waals surface area contributed by atoms with Gasteiger partial charge in [0.15, 0.2) is 0 Å². The van der Waals surface area contributed by atoms with Gasteiger partial charge in [0.25, 0.3) is 5.69 Å². The van der Waals surface area contributed by atoms with Crippen LogP contribution < -0.4 is 16.6 Å². The Kier molecular flexibility index (Phi) is 4.41. The molecule has 0 bridgehead atoms. The molecule has 7 nitrogen and oxygen atoms in total. The summed E-state index contributed by atoms with van der Waals surface area (Å²) in [6.07, 6.45) is 1.97. The highest BCUT2D eigenvalue weighted by Gasteiger charge is 2.27. The Morgan fingerprint density at radius 1 is 1.35 bits per heavy atom. The number of hydrazine groups is 1. The number of hydrogen-bond acceptors (Lipinski definition) is 6. The van der Waals surface area contributed by atoms with E-state index in [0.29, 0.717) is 11.4 Å². The SMILES string of the molecule is CC1(CNc2cc(NN)cc([N+](=O)[O-])c2)CCOCC1. The van der Waals surface area contributed by atoms with Crippen LogP contribution in [0.4, 0.5) is 17.1 Å². The van der Waals surface area contributed by atoms with Crippen LogP contribution in [0.1, 0.15) is 19.8 Å². The van der Waals surface area contributed by atoms with Crippen molar-refractivity contribution in [2.75, 3.05) is 30.5 Å². The molecule has 7 heteroatoms. The van der Waals surface area contributed by atoms with Gasteiger partial charge in [-0.3, -0.25) is 16.0 Å². The van der Waals surface area contributed by atoms with E-state index in [9.17, 15) is 10.1 Å². The zero-order valence-corrected chi connectivity index (χ0v) is 11.5. The predicted molar refractivity (Wildman–Crippen MR) is 77.6 cm³/mol.